The summed E-state index contributed by atoms with van der Waals surface area (Å²) in [5.74, 6) is -0.650. The second-order valence-electron chi connectivity index (χ2n) is 6.71. The Balaban J connectivity index is 1.78. The van der Waals surface area contributed by atoms with E-state index in [2.05, 4.69) is 20.9 Å². The van der Waals surface area contributed by atoms with E-state index in [9.17, 15) is 9.59 Å². The molecule has 138 valence electrons. The predicted molar refractivity (Wildman–Crippen MR) is 115 cm³/mol. The fourth-order valence-corrected chi connectivity index (χ4v) is 3.84. The highest BCUT2D eigenvalue weighted by atomic mass is 79.9. The normalized spacial score (nSPS) is 12.0. The van der Waals surface area contributed by atoms with Crippen molar-refractivity contribution in [2.75, 3.05) is 0 Å². The van der Waals surface area contributed by atoms with Crippen LogP contribution in [0.25, 0.3) is 10.9 Å². The molecule has 3 aromatic carbocycles. The fourth-order valence-electron chi connectivity index (χ4n) is 3.48. The number of halogens is 1. The van der Waals surface area contributed by atoms with Gasteiger partial charge in [-0.15, -0.1) is 0 Å². The zero-order valence-corrected chi connectivity index (χ0v) is 16.6. The quantitative estimate of drug-likeness (QED) is 0.371. The molecule has 0 saturated carbocycles. The van der Waals surface area contributed by atoms with E-state index in [4.69, 9.17) is 0 Å². The lowest BCUT2D eigenvalue weighted by Crippen LogP contribution is -2.17. The highest BCUT2D eigenvalue weighted by Gasteiger charge is 2.27. The van der Waals surface area contributed by atoms with Gasteiger partial charge in [0.1, 0.15) is 0 Å². The van der Waals surface area contributed by atoms with Gasteiger partial charge in [-0.1, -0.05) is 76.6 Å². The van der Waals surface area contributed by atoms with E-state index < -0.39 is 5.92 Å². The Morgan fingerprint density at radius 2 is 1.50 bits per heavy atom. The van der Waals surface area contributed by atoms with Crippen molar-refractivity contribution >= 4 is 38.4 Å². The molecule has 1 heterocycles. The summed E-state index contributed by atoms with van der Waals surface area (Å²) >= 11 is 3.50. The first-order valence-electron chi connectivity index (χ1n) is 9.07. The van der Waals surface area contributed by atoms with Crippen LogP contribution >= 0.6 is 15.9 Å². The molecule has 0 spiro atoms. The Labute approximate surface area is 171 Å². The molecule has 1 aromatic heterocycles. The first-order chi connectivity index (χ1) is 13.6. The maximum absolute atomic E-state index is 13.4. The molecule has 4 heteroatoms. The molecular formula is C24H18BrNO2. The summed E-state index contributed by atoms with van der Waals surface area (Å²) in [7, 11) is 0. The van der Waals surface area contributed by atoms with Gasteiger partial charge in [-0.2, -0.15) is 0 Å². The number of hydrogen-bond donors (Lipinski definition) is 1. The van der Waals surface area contributed by atoms with Crippen LogP contribution in [0, 0.1) is 0 Å². The van der Waals surface area contributed by atoms with Gasteiger partial charge in [-0.25, -0.2) is 0 Å². The predicted octanol–water partition coefficient (Wildman–Crippen LogP) is 6.17. The molecule has 0 aliphatic rings. The topological polar surface area (TPSA) is 49.9 Å². The van der Waals surface area contributed by atoms with Crippen molar-refractivity contribution < 1.29 is 9.59 Å². The van der Waals surface area contributed by atoms with Crippen LogP contribution in [0.1, 0.15) is 38.6 Å². The minimum Gasteiger partial charge on any atom is -0.361 e. The molecule has 1 atom stereocenters. The van der Waals surface area contributed by atoms with Crippen LogP contribution in [0.5, 0.6) is 0 Å². The number of fused-ring (bicyclic) bond motifs is 1. The third kappa shape index (κ3) is 3.69. The standard InChI is InChI=1S/C24H18BrNO2/c25-18-11-12-22-19(13-18)21(15-26-22)20(24(28)17-9-5-2-6-10-17)14-23(27)16-7-3-1-4-8-16/h1-13,15,20,26H,14H2/t20-/m0/s1. The number of carbonyl (C=O) groups is 2. The van der Waals surface area contributed by atoms with Crippen molar-refractivity contribution in [2.24, 2.45) is 0 Å². The maximum Gasteiger partial charge on any atom is 0.170 e. The number of nitrogens with one attached hydrogen (secondary N) is 1. The molecule has 0 saturated heterocycles. The van der Waals surface area contributed by atoms with Crippen LogP contribution in [0.4, 0.5) is 0 Å². The van der Waals surface area contributed by atoms with Gasteiger partial charge in [0, 0.05) is 39.1 Å². The van der Waals surface area contributed by atoms with Crippen molar-refractivity contribution in [3.63, 3.8) is 0 Å². The number of ketones is 2. The number of aromatic amines is 1. The van der Waals surface area contributed by atoms with Gasteiger partial charge in [-0.3, -0.25) is 9.59 Å². The Morgan fingerprint density at radius 1 is 0.857 bits per heavy atom. The van der Waals surface area contributed by atoms with Crippen molar-refractivity contribution in [2.45, 2.75) is 12.3 Å². The summed E-state index contributed by atoms with van der Waals surface area (Å²) in [6, 6.07) is 24.2. The third-order valence-corrected chi connectivity index (χ3v) is 5.40. The van der Waals surface area contributed by atoms with Gasteiger partial charge in [-0.05, 0) is 23.8 Å². The average molecular weight is 432 g/mol. The molecule has 0 amide bonds. The molecule has 0 aliphatic carbocycles. The van der Waals surface area contributed by atoms with Crippen molar-refractivity contribution in [1.29, 1.82) is 0 Å². The number of Topliss-reactive ketones (excluding diaryl/α,β-unsaturated/α-hetero) is 2. The van der Waals surface area contributed by atoms with Gasteiger partial charge in [0.15, 0.2) is 11.6 Å². The van der Waals surface area contributed by atoms with Crippen LogP contribution in [-0.2, 0) is 0 Å². The zero-order valence-electron chi connectivity index (χ0n) is 15.1. The van der Waals surface area contributed by atoms with Gasteiger partial charge in [0.2, 0.25) is 0 Å². The molecule has 0 unspecified atom stereocenters. The lowest BCUT2D eigenvalue weighted by Gasteiger charge is -2.15. The van der Waals surface area contributed by atoms with Gasteiger partial charge in [0.05, 0.1) is 5.92 Å². The molecule has 1 N–H and O–H groups in total. The average Bonchev–Trinajstić information content (AvgIpc) is 3.15. The third-order valence-electron chi connectivity index (χ3n) is 4.91. The molecular weight excluding hydrogens is 414 g/mol. The zero-order chi connectivity index (χ0) is 19.5. The van der Waals surface area contributed by atoms with Crippen molar-refractivity contribution in [3.8, 4) is 0 Å². The van der Waals surface area contributed by atoms with Crippen LogP contribution in [-0.4, -0.2) is 16.6 Å². The largest absolute Gasteiger partial charge is 0.361 e. The molecule has 4 aromatic rings. The minimum atomic E-state index is -0.557. The first-order valence-corrected chi connectivity index (χ1v) is 9.87. The summed E-state index contributed by atoms with van der Waals surface area (Å²) in [5, 5.41) is 0.949. The van der Waals surface area contributed by atoms with Gasteiger partial charge < -0.3 is 4.98 Å². The summed E-state index contributed by atoms with van der Waals surface area (Å²) < 4.78 is 0.932. The van der Waals surface area contributed by atoms with E-state index in [0.717, 1.165) is 20.9 Å². The highest BCUT2D eigenvalue weighted by molar-refractivity contribution is 9.10. The second-order valence-corrected chi connectivity index (χ2v) is 7.63. The van der Waals surface area contributed by atoms with Crippen LogP contribution in [0.15, 0.2) is 89.5 Å². The number of rotatable bonds is 6. The fraction of sp³-hybridized carbons (Fsp3) is 0.0833. The van der Waals surface area contributed by atoms with E-state index in [0.29, 0.717) is 11.1 Å². The lowest BCUT2D eigenvalue weighted by molar-refractivity contribution is 0.0894. The number of H-pyrrole nitrogens is 1. The molecule has 28 heavy (non-hydrogen) atoms. The summed E-state index contributed by atoms with van der Waals surface area (Å²) in [6.45, 7) is 0. The highest BCUT2D eigenvalue weighted by Crippen LogP contribution is 2.33. The van der Waals surface area contributed by atoms with Crippen LogP contribution < -0.4 is 0 Å². The molecule has 3 nitrogen and oxygen atoms in total. The monoisotopic (exact) mass is 431 g/mol. The smallest absolute Gasteiger partial charge is 0.170 e. The van der Waals surface area contributed by atoms with E-state index in [1.54, 1.807) is 24.3 Å². The molecule has 0 fully saturated rings. The van der Waals surface area contributed by atoms with E-state index in [-0.39, 0.29) is 18.0 Å². The summed E-state index contributed by atoms with van der Waals surface area (Å²) in [4.78, 5) is 29.5. The molecule has 0 bridgehead atoms. The van der Waals surface area contributed by atoms with Crippen LogP contribution in [0.2, 0.25) is 0 Å². The van der Waals surface area contributed by atoms with Crippen LogP contribution in [0.3, 0.4) is 0 Å². The molecule has 0 aliphatic heterocycles. The van der Waals surface area contributed by atoms with Crippen molar-refractivity contribution in [3.05, 3.63) is 106 Å². The van der Waals surface area contributed by atoms with Crippen molar-refractivity contribution in [1.82, 2.24) is 4.98 Å². The number of carbonyl (C=O) groups excluding carboxylic acids is 2. The SMILES string of the molecule is O=C(C[C@H](C(=O)c1ccccc1)c1c[nH]c2ccc(Br)cc12)c1ccccc1. The number of aromatic nitrogens is 1. The van der Waals surface area contributed by atoms with E-state index in [1.807, 2.05) is 60.8 Å². The van der Waals surface area contributed by atoms with Gasteiger partial charge in [0.25, 0.3) is 0 Å². The maximum atomic E-state index is 13.4. The number of hydrogen-bond acceptors (Lipinski definition) is 2. The lowest BCUT2D eigenvalue weighted by atomic mass is 9.85. The van der Waals surface area contributed by atoms with E-state index in [1.165, 1.54) is 0 Å². The summed E-state index contributed by atoms with van der Waals surface area (Å²) in [5.41, 5.74) is 3.01. The Hall–Kier alpha value is -2.98. The van der Waals surface area contributed by atoms with E-state index >= 15 is 0 Å². The Bertz CT molecular complexity index is 1130. The first kappa shape index (κ1) is 18.4. The number of benzene rings is 3. The Kier molecular flexibility index (Phi) is 5.22. The minimum absolute atomic E-state index is 0.0424. The van der Waals surface area contributed by atoms with Gasteiger partial charge >= 0.3 is 0 Å². The second kappa shape index (κ2) is 7.95. The Morgan fingerprint density at radius 3 is 2.18 bits per heavy atom. The summed E-state index contributed by atoms with van der Waals surface area (Å²) in [6.07, 6.45) is 1.97. The molecule has 0 radical (unpaired) electrons. The molecule has 4 rings (SSSR count).